The maximum Gasteiger partial charge on any atom is 0.246 e. The molecule has 0 saturated carbocycles. The smallest absolute Gasteiger partial charge is 0.246 e. The summed E-state index contributed by atoms with van der Waals surface area (Å²) < 4.78 is 26.9. The molecule has 0 aliphatic heterocycles. The third-order valence-electron chi connectivity index (χ3n) is 4.27. The van der Waals surface area contributed by atoms with Gasteiger partial charge >= 0.3 is 0 Å². The summed E-state index contributed by atoms with van der Waals surface area (Å²) in [5.41, 5.74) is 5.97. The number of benzene rings is 1. The molecule has 0 aliphatic rings. The van der Waals surface area contributed by atoms with E-state index in [0.29, 0.717) is 83.3 Å². The highest BCUT2D eigenvalue weighted by Crippen LogP contribution is 2.17. The Bertz CT molecular complexity index is 729. The Morgan fingerprint density at radius 3 is 2.34 bits per heavy atom. The molecule has 35 heavy (non-hydrogen) atoms. The molecule has 0 atom stereocenters. The number of rotatable bonds is 21. The molecule has 0 unspecified atom stereocenters. The predicted octanol–water partition coefficient (Wildman–Crippen LogP) is 1.75. The summed E-state index contributed by atoms with van der Waals surface area (Å²) in [5, 5.41) is 5.57. The third kappa shape index (κ3) is 18.5. The highest BCUT2D eigenvalue weighted by molar-refractivity contribution is 5.90. The maximum absolute atomic E-state index is 12.0. The predicted molar refractivity (Wildman–Crippen MR) is 135 cm³/mol. The van der Waals surface area contributed by atoms with Crippen molar-refractivity contribution in [2.24, 2.45) is 11.7 Å². The van der Waals surface area contributed by atoms with E-state index >= 15 is 0 Å². The normalized spacial score (nSPS) is 11.2. The zero-order chi connectivity index (χ0) is 25.6. The van der Waals surface area contributed by atoms with Gasteiger partial charge in [0.2, 0.25) is 11.8 Å². The lowest BCUT2D eigenvalue weighted by Gasteiger charge is -2.10. The highest BCUT2D eigenvalue weighted by atomic mass is 16.5. The third-order valence-corrected chi connectivity index (χ3v) is 4.27. The SMILES string of the molecule is CC(C)/C=C/CNC(=O)COCCOCCOc1cccc(NC(=O)CCOCCOCCN)c1. The van der Waals surface area contributed by atoms with Crippen molar-refractivity contribution in [3.05, 3.63) is 36.4 Å². The van der Waals surface area contributed by atoms with Crippen molar-refractivity contribution in [2.75, 3.05) is 77.9 Å². The number of allylic oxidation sites excluding steroid dienone is 1. The standard InChI is InChI=1S/C25H41N3O7/c1-21(2)5-4-10-27-25(30)20-34-16-15-33-17-18-35-23-7-3-6-22(19-23)28-24(29)8-11-31-13-14-32-12-9-26/h3-7,19,21H,8-18,20,26H2,1-2H3,(H,27,30)(H,28,29)/b5-4+. The zero-order valence-electron chi connectivity index (χ0n) is 21.0. The van der Waals surface area contributed by atoms with Crippen LogP contribution in [0, 0.1) is 5.92 Å². The van der Waals surface area contributed by atoms with Crippen molar-refractivity contribution in [2.45, 2.75) is 20.3 Å². The number of nitrogens with one attached hydrogen (secondary N) is 2. The Balaban J connectivity index is 2.06. The summed E-state index contributed by atoms with van der Waals surface area (Å²) in [4.78, 5) is 23.6. The number of nitrogens with two attached hydrogens (primary N) is 1. The fourth-order valence-electron chi connectivity index (χ4n) is 2.62. The number of carbonyl (C=O) groups is 2. The zero-order valence-corrected chi connectivity index (χ0v) is 21.0. The molecule has 0 radical (unpaired) electrons. The van der Waals surface area contributed by atoms with E-state index in [0.717, 1.165) is 0 Å². The molecule has 0 saturated heterocycles. The molecule has 0 bridgehead atoms. The van der Waals surface area contributed by atoms with Crippen LogP contribution in [0.2, 0.25) is 0 Å². The molecule has 0 heterocycles. The van der Waals surface area contributed by atoms with Crippen LogP contribution in [0.3, 0.4) is 0 Å². The van der Waals surface area contributed by atoms with Crippen molar-refractivity contribution in [1.29, 1.82) is 0 Å². The van der Waals surface area contributed by atoms with Gasteiger partial charge in [-0.1, -0.05) is 32.1 Å². The van der Waals surface area contributed by atoms with E-state index in [9.17, 15) is 9.59 Å². The van der Waals surface area contributed by atoms with Crippen LogP contribution in [0.5, 0.6) is 5.75 Å². The summed E-state index contributed by atoms with van der Waals surface area (Å²) in [5.74, 6) is 0.783. The molecule has 10 heteroatoms. The van der Waals surface area contributed by atoms with Gasteiger partial charge in [0.1, 0.15) is 19.0 Å². The first-order valence-electron chi connectivity index (χ1n) is 12.0. The molecule has 0 aliphatic carbocycles. The van der Waals surface area contributed by atoms with Crippen LogP contribution < -0.4 is 21.1 Å². The average molecular weight is 496 g/mol. The molecule has 1 aromatic rings. The number of hydrogen-bond donors (Lipinski definition) is 3. The molecule has 4 N–H and O–H groups in total. The maximum atomic E-state index is 12.0. The Morgan fingerprint density at radius 1 is 0.914 bits per heavy atom. The van der Waals surface area contributed by atoms with Gasteiger partial charge in [-0.3, -0.25) is 9.59 Å². The summed E-state index contributed by atoms with van der Waals surface area (Å²) in [6.07, 6.45) is 4.20. The van der Waals surface area contributed by atoms with Gasteiger partial charge in [0.15, 0.2) is 0 Å². The van der Waals surface area contributed by atoms with Gasteiger partial charge in [-0.25, -0.2) is 0 Å². The van der Waals surface area contributed by atoms with Gasteiger partial charge < -0.3 is 40.1 Å². The van der Waals surface area contributed by atoms with Crippen LogP contribution >= 0.6 is 0 Å². The number of hydrogen-bond acceptors (Lipinski definition) is 8. The fourth-order valence-corrected chi connectivity index (χ4v) is 2.62. The topological polar surface area (TPSA) is 130 Å². The van der Waals surface area contributed by atoms with E-state index in [1.54, 1.807) is 24.3 Å². The molecular formula is C25H41N3O7. The van der Waals surface area contributed by atoms with Gasteiger partial charge in [0, 0.05) is 24.8 Å². The highest BCUT2D eigenvalue weighted by Gasteiger charge is 2.04. The molecule has 2 amide bonds. The first-order chi connectivity index (χ1) is 17.0. The van der Waals surface area contributed by atoms with Crippen molar-refractivity contribution in [3.63, 3.8) is 0 Å². The number of anilines is 1. The summed E-state index contributed by atoms with van der Waals surface area (Å²) in [7, 11) is 0. The Labute approximate surface area is 208 Å². The van der Waals surface area contributed by atoms with Crippen molar-refractivity contribution >= 4 is 17.5 Å². The van der Waals surface area contributed by atoms with E-state index in [4.69, 9.17) is 29.4 Å². The molecule has 0 aromatic heterocycles. The van der Waals surface area contributed by atoms with Crippen LogP contribution in [0.25, 0.3) is 0 Å². The first kappa shape index (κ1) is 30.5. The Kier molecular flexibility index (Phi) is 18.2. The lowest BCUT2D eigenvalue weighted by molar-refractivity contribution is -0.126. The van der Waals surface area contributed by atoms with Gasteiger partial charge in [-0.2, -0.15) is 0 Å². The second kappa shape index (κ2) is 20.8. The minimum Gasteiger partial charge on any atom is -0.491 e. The van der Waals surface area contributed by atoms with Crippen molar-refractivity contribution in [3.8, 4) is 5.75 Å². The summed E-state index contributed by atoms with van der Waals surface area (Å²) in [6, 6.07) is 7.14. The van der Waals surface area contributed by atoms with Gasteiger partial charge in [-0.15, -0.1) is 0 Å². The van der Waals surface area contributed by atoms with E-state index in [-0.39, 0.29) is 24.8 Å². The van der Waals surface area contributed by atoms with E-state index in [1.165, 1.54) is 0 Å². The Morgan fingerprint density at radius 2 is 1.60 bits per heavy atom. The van der Waals surface area contributed by atoms with E-state index < -0.39 is 0 Å². The molecule has 198 valence electrons. The summed E-state index contributed by atoms with van der Waals surface area (Å²) >= 11 is 0. The fraction of sp³-hybridized carbons (Fsp3) is 0.600. The van der Waals surface area contributed by atoms with E-state index in [1.807, 2.05) is 12.2 Å². The largest absolute Gasteiger partial charge is 0.491 e. The van der Waals surface area contributed by atoms with Crippen LogP contribution in [-0.4, -0.2) is 84.4 Å². The monoisotopic (exact) mass is 495 g/mol. The Hall–Kier alpha value is -2.50. The van der Waals surface area contributed by atoms with Crippen LogP contribution in [0.1, 0.15) is 20.3 Å². The van der Waals surface area contributed by atoms with Crippen LogP contribution in [0.15, 0.2) is 36.4 Å². The summed E-state index contributed by atoms with van der Waals surface area (Å²) in [6.45, 7) is 8.24. The molecule has 0 spiro atoms. The lowest BCUT2D eigenvalue weighted by atomic mass is 10.2. The second-order valence-corrected chi connectivity index (χ2v) is 7.83. The molecule has 1 aromatic carbocycles. The second-order valence-electron chi connectivity index (χ2n) is 7.83. The van der Waals surface area contributed by atoms with Crippen LogP contribution in [-0.2, 0) is 28.5 Å². The van der Waals surface area contributed by atoms with Crippen LogP contribution in [0.4, 0.5) is 5.69 Å². The minimum absolute atomic E-state index is 0.00320. The molecule has 0 fully saturated rings. The number of ether oxygens (including phenoxy) is 5. The number of carbonyl (C=O) groups excluding carboxylic acids is 2. The minimum atomic E-state index is -0.158. The van der Waals surface area contributed by atoms with Gasteiger partial charge in [0.05, 0.1) is 52.7 Å². The number of amides is 2. The molecule has 1 rings (SSSR count). The van der Waals surface area contributed by atoms with Crippen molar-refractivity contribution < 1.29 is 33.3 Å². The quantitative estimate of drug-likeness (QED) is 0.174. The van der Waals surface area contributed by atoms with E-state index in [2.05, 4.69) is 24.5 Å². The van der Waals surface area contributed by atoms with Gasteiger partial charge in [0.25, 0.3) is 0 Å². The van der Waals surface area contributed by atoms with Crippen molar-refractivity contribution in [1.82, 2.24) is 5.32 Å². The molecule has 10 nitrogen and oxygen atoms in total. The lowest BCUT2D eigenvalue weighted by Crippen LogP contribution is -2.28. The van der Waals surface area contributed by atoms with Gasteiger partial charge in [-0.05, 0) is 18.1 Å². The molecular weight excluding hydrogens is 454 g/mol. The first-order valence-corrected chi connectivity index (χ1v) is 12.0. The average Bonchev–Trinajstić information content (AvgIpc) is 2.83.